The Balaban J connectivity index is 1.24. The van der Waals surface area contributed by atoms with Crippen LogP contribution in [0.25, 0.3) is 22.3 Å². The molecule has 0 spiro atoms. The average molecular weight is 467 g/mol. The predicted octanol–water partition coefficient (Wildman–Crippen LogP) is 2.16. The second-order valence-electron chi connectivity index (χ2n) is 9.69. The highest BCUT2D eigenvalue weighted by Gasteiger charge is 2.52. The van der Waals surface area contributed by atoms with Crippen LogP contribution < -0.4 is 4.72 Å². The van der Waals surface area contributed by atoms with Crippen LogP contribution in [0.4, 0.5) is 0 Å². The van der Waals surface area contributed by atoms with E-state index in [1.54, 1.807) is 10.5 Å². The molecule has 172 valence electrons. The molecule has 2 aliphatic carbocycles. The molecule has 3 aromatic heterocycles. The fourth-order valence-corrected chi connectivity index (χ4v) is 7.37. The Bertz CT molecular complexity index is 1320. The van der Waals surface area contributed by atoms with Crippen molar-refractivity contribution in [2.75, 3.05) is 13.1 Å². The molecule has 1 saturated heterocycles. The molecule has 0 aromatic carbocycles. The molecule has 1 unspecified atom stereocenters. The molecule has 2 saturated carbocycles. The van der Waals surface area contributed by atoms with Crippen molar-refractivity contribution < 1.29 is 8.42 Å². The maximum atomic E-state index is 12.8. The van der Waals surface area contributed by atoms with Gasteiger partial charge in [0.1, 0.15) is 12.0 Å². The van der Waals surface area contributed by atoms with E-state index in [1.165, 1.54) is 6.33 Å². The van der Waals surface area contributed by atoms with Crippen molar-refractivity contribution in [3.63, 3.8) is 0 Å². The summed E-state index contributed by atoms with van der Waals surface area (Å²) in [5, 5.41) is 15.2. The minimum absolute atomic E-state index is 0.0869. The van der Waals surface area contributed by atoms with E-state index in [0.29, 0.717) is 19.5 Å². The Kier molecular flexibility index (Phi) is 4.79. The summed E-state index contributed by atoms with van der Waals surface area (Å²) in [6.45, 7) is 1.01. The number of hydrogen-bond acceptors (Lipinski definition) is 6. The molecule has 3 atom stereocenters. The predicted molar refractivity (Wildman–Crippen MR) is 121 cm³/mol. The van der Waals surface area contributed by atoms with Gasteiger partial charge in [-0.1, -0.05) is 6.42 Å². The first-order chi connectivity index (χ1) is 16.0. The average Bonchev–Trinajstić information content (AvgIpc) is 3.52. The van der Waals surface area contributed by atoms with E-state index in [1.807, 2.05) is 23.1 Å². The normalized spacial score (nSPS) is 28.1. The van der Waals surface area contributed by atoms with E-state index in [0.717, 1.165) is 54.4 Å². The van der Waals surface area contributed by atoms with Gasteiger partial charge in [-0.05, 0) is 43.6 Å². The monoisotopic (exact) mass is 466 g/mol. The molecule has 1 aliphatic heterocycles. The van der Waals surface area contributed by atoms with Crippen LogP contribution >= 0.6 is 0 Å². The summed E-state index contributed by atoms with van der Waals surface area (Å²) in [7, 11) is -3.44. The molecule has 33 heavy (non-hydrogen) atoms. The van der Waals surface area contributed by atoms with Crippen LogP contribution in [0.5, 0.6) is 0 Å². The smallest absolute Gasteiger partial charge is 0.279 e. The Labute approximate surface area is 192 Å². The maximum Gasteiger partial charge on any atom is 0.279 e. The van der Waals surface area contributed by atoms with Crippen LogP contribution in [-0.4, -0.2) is 56.6 Å². The van der Waals surface area contributed by atoms with Crippen LogP contribution in [0.1, 0.15) is 38.5 Å². The van der Waals surface area contributed by atoms with Crippen molar-refractivity contribution in [2.24, 2.45) is 11.8 Å². The third kappa shape index (κ3) is 3.44. The van der Waals surface area contributed by atoms with Gasteiger partial charge in [0.15, 0.2) is 0 Å². The number of aromatic nitrogens is 5. The lowest BCUT2D eigenvalue weighted by Gasteiger charge is -2.31. The Hall–Kier alpha value is -2.81. The molecule has 3 aliphatic rings. The van der Waals surface area contributed by atoms with Gasteiger partial charge >= 0.3 is 0 Å². The first-order valence-corrected chi connectivity index (χ1v) is 12.9. The van der Waals surface area contributed by atoms with Gasteiger partial charge in [-0.2, -0.15) is 27.8 Å². The summed E-state index contributed by atoms with van der Waals surface area (Å²) in [5.74, 6) is 0.443. The van der Waals surface area contributed by atoms with Crippen LogP contribution in [-0.2, 0) is 15.7 Å². The van der Waals surface area contributed by atoms with E-state index in [2.05, 4.69) is 30.8 Å². The van der Waals surface area contributed by atoms with E-state index < -0.39 is 15.7 Å². The zero-order chi connectivity index (χ0) is 22.6. The Morgan fingerprint density at radius 1 is 1.24 bits per heavy atom. The molecule has 3 aromatic rings. The fourth-order valence-electron chi connectivity index (χ4n) is 5.79. The molecule has 0 amide bonds. The molecule has 10 nitrogen and oxygen atoms in total. The van der Waals surface area contributed by atoms with E-state index in [4.69, 9.17) is 0 Å². The molecule has 4 heterocycles. The number of H-pyrrole nitrogens is 1. The van der Waals surface area contributed by atoms with Crippen LogP contribution in [0, 0.1) is 23.2 Å². The van der Waals surface area contributed by atoms with Crippen molar-refractivity contribution in [1.29, 1.82) is 5.26 Å². The van der Waals surface area contributed by atoms with Gasteiger partial charge in [0, 0.05) is 42.5 Å². The highest BCUT2D eigenvalue weighted by molar-refractivity contribution is 7.87. The SMILES string of the molecule is N#CCC1(n2cc(-c3ncnc4[nH]ccc34)cn2)C[C@H]2CN(S(=O)(=O)NC3CCC3)C[C@H]2C1. The van der Waals surface area contributed by atoms with Crippen LogP contribution in [0.3, 0.4) is 0 Å². The first-order valence-electron chi connectivity index (χ1n) is 11.5. The molecule has 0 radical (unpaired) electrons. The van der Waals surface area contributed by atoms with Crippen molar-refractivity contribution in [1.82, 2.24) is 33.8 Å². The summed E-state index contributed by atoms with van der Waals surface area (Å²) >= 11 is 0. The van der Waals surface area contributed by atoms with Crippen molar-refractivity contribution in [3.05, 3.63) is 31.0 Å². The second kappa shape index (κ2) is 7.62. The highest BCUT2D eigenvalue weighted by Crippen LogP contribution is 2.50. The van der Waals surface area contributed by atoms with E-state index >= 15 is 0 Å². The number of aromatic amines is 1. The number of nitrogens with zero attached hydrogens (tertiary/aromatic N) is 6. The molecule has 0 bridgehead atoms. The number of nitriles is 1. The van der Waals surface area contributed by atoms with Gasteiger partial charge in [-0.3, -0.25) is 4.68 Å². The van der Waals surface area contributed by atoms with Gasteiger partial charge in [-0.25, -0.2) is 9.97 Å². The van der Waals surface area contributed by atoms with Crippen molar-refractivity contribution in [2.45, 2.75) is 50.1 Å². The zero-order valence-corrected chi connectivity index (χ0v) is 19.0. The topological polar surface area (TPSA) is 133 Å². The number of nitrogens with one attached hydrogen (secondary N) is 2. The summed E-state index contributed by atoms with van der Waals surface area (Å²) in [6.07, 6.45) is 11.9. The van der Waals surface area contributed by atoms with Crippen LogP contribution in [0.2, 0.25) is 0 Å². The zero-order valence-electron chi connectivity index (χ0n) is 18.2. The minimum Gasteiger partial charge on any atom is -0.346 e. The lowest BCUT2D eigenvalue weighted by atomic mass is 9.92. The fraction of sp³-hybridized carbons (Fsp3) is 0.545. The molecule has 11 heteroatoms. The lowest BCUT2D eigenvalue weighted by Crippen LogP contribution is -2.47. The van der Waals surface area contributed by atoms with Gasteiger partial charge in [0.2, 0.25) is 0 Å². The largest absolute Gasteiger partial charge is 0.346 e. The van der Waals surface area contributed by atoms with Crippen molar-refractivity contribution in [3.8, 4) is 17.3 Å². The molecule has 6 rings (SSSR count). The lowest BCUT2D eigenvalue weighted by molar-refractivity contribution is 0.239. The van der Waals surface area contributed by atoms with Gasteiger partial charge in [-0.15, -0.1) is 0 Å². The van der Waals surface area contributed by atoms with E-state index in [-0.39, 0.29) is 17.9 Å². The van der Waals surface area contributed by atoms with Crippen molar-refractivity contribution >= 4 is 21.2 Å². The Morgan fingerprint density at radius 2 is 2.03 bits per heavy atom. The number of rotatable bonds is 6. The van der Waals surface area contributed by atoms with E-state index in [9.17, 15) is 13.7 Å². The standard InChI is InChI=1S/C22H26N8O2S/c23-6-5-22(30-13-17(10-27-30)20-19-4-7-24-21(19)26-14-25-20)8-15-11-29(12-16(15)9-22)33(31,32)28-18-2-1-3-18/h4,7,10,13-16,18,28H,1-3,5,8-9,11-12H2,(H,24,25,26)/t15-,16+,22?. The molecule has 3 fully saturated rings. The van der Waals surface area contributed by atoms with Crippen LogP contribution in [0.15, 0.2) is 31.0 Å². The minimum atomic E-state index is -3.44. The van der Waals surface area contributed by atoms with Gasteiger partial charge in [0.05, 0.1) is 29.9 Å². The number of fused-ring (bicyclic) bond motifs is 2. The van der Waals surface area contributed by atoms with Gasteiger partial charge < -0.3 is 4.98 Å². The third-order valence-electron chi connectivity index (χ3n) is 7.69. The molecular weight excluding hydrogens is 440 g/mol. The molecular formula is C22H26N8O2S. The quantitative estimate of drug-likeness (QED) is 0.572. The first kappa shape index (κ1) is 20.8. The summed E-state index contributed by atoms with van der Waals surface area (Å²) in [4.78, 5) is 11.8. The maximum absolute atomic E-state index is 12.8. The molecule has 2 N–H and O–H groups in total. The second-order valence-corrected chi connectivity index (χ2v) is 11.4. The van der Waals surface area contributed by atoms with Gasteiger partial charge in [0.25, 0.3) is 10.2 Å². The highest BCUT2D eigenvalue weighted by atomic mass is 32.2. The summed E-state index contributed by atoms with van der Waals surface area (Å²) < 4.78 is 32.0. The number of hydrogen-bond donors (Lipinski definition) is 2. The Morgan fingerprint density at radius 3 is 2.73 bits per heavy atom. The third-order valence-corrected chi connectivity index (χ3v) is 9.30. The summed E-state index contributed by atoms with van der Waals surface area (Å²) in [6, 6.07) is 4.39. The summed E-state index contributed by atoms with van der Waals surface area (Å²) in [5.41, 5.74) is 2.03.